The van der Waals surface area contributed by atoms with E-state index in [2.05, 4.69) is 0 Å². The van der Waals surface area contributed by atoms with Crippen LogP contribution in [-0.4, -0.2) is 154 Å². The van der Waals surface area contributed by atoms with Gasteiger partial charge in [0.05, 0.1) is 23.9 Å². The minimum atomic E-state index is -3.58. The first-order chi connectivity index (χ1) is 31.9. The van der Waals surface area contributed by atoms with E-state index in [1.807, 2.05) is 44.2 Å². The summed E-state index contributed by atoms with van der Waals surface area (Å²) < 4.78 is 46.3. The number of carbonyl (C=O) groups excluding carboxylic acids is 3. The normalized spacial score (nSPS) is 25.8. The Kier molecular flexibility index (Phi) is 19.7. The Morgan fingerprint density at radius 3 is 1.72 bits per heavy atom. The number of hydrogen-bond donors (Lipinski definition) is 8. The van der Waals surface area contributed by atoms with Crippen molar-refractivity contribution in [1.82, 2.24) is 0 Å². The first kappa shape index (κ1) is 53.1. The lowest BCUT2D eigenvalue weighted by atomic mass is 9.83. The Hall–Kier alpha value is -4.90. The number of Topliss-reactive ketones (excluding diaryl/α,β-unsaturated/α-hetero) is 2. The maximum Gasteiger partial charge on any atom is 0.188 e. The summed E-state index contributed by atoms with van der Waals surface area (Å²) in [6, 6.07) is 31.3. The van der Waals surface area contributed by atoms with Gasteiger partial charge in [-0.3, -0.25) is 14.4 Å². The van der Waals surface area contributed by atoms with Crippen LogP contribution in [0.1, 0.15) is 52.4 Å². The minimum Gasteiger partial charge on any atom is -0.394 e. The molecule has 17 nitrogen and oxygen atoms in total. The number of ketones is 3. The van der Waals surface area contributed by atoms with Crippen molar-refractivity contribution in [2.75, 3.05) is 26.4 Å². The number of benzene rings is 4. The second-order valence-corrected chi connectivity index (χ2v) is 18.5. The van der Waals surface area contributed by atoms with Gasteiger partial charge in [-0.2, -0.15) is 0 Å². The summed E-state index contributed by atoms with van der Waals surface area (Å²) in [7, 11) is -3.58. The molecule has 362 valence electrons. The van der Waals surface area contributed by atoms with Crippen LogP contribution in [0.4, 0.5) is 0 Å². The molecule has 2 heterocycles. The van der Waals surface area contributed by atoms with E-state index >= 15 is 0 Å². The Labute approximate surface area is 388 Å². The van der Waals surface area contributed by atoms with Crippen LogP contribution in [-0.2, 0) is 50.5 Å². The quantitative estimate of drug-likeness (QED) is 0.0486. The maximum atomic E-state index is 13.0. The van der Waals surface area contributed by atoms with E-state index in [9.17, 15) is 63.7 Å². The van der Waals surface area contributed by atoms with Crippen LogP contribution < -0.4 is 0 Å². The molecule has 0 aliphatic carbocycles. The zero-order valence-corrected chi connectivity index (χ0v) is 37.7. The lowest BCUT2D eigenvalue weighted by Crippen LogP contribution is -2.59. The largest absolute Gasteiger partial charge is 0.394 e. The molecule has 0 bridgehead atoms. The molecule has 0 amide bonds. The molecule has 67 heavy (non-hydrogen) atoms. The van der Waals surface area contributed by atoms with Gasteiger partial charge in [0, 0.05) is 17.9 Å². The molecule has 8 N–H and O–H groups in total. The molecule has 4 aromatic carbocycles. The molecular weight excluding hydrogens is 893 g/mol. The Morgan fingerprint density at radius 2 is 1.18 bits per heavy atom. The third-order valence-corrected chi connectivity index (χ3v) is 12.9. The molecule has 4 aromatic rings. The fourth-order valence-corrected chi connectivity index (χ4v) is 8.86. The zero-order valence-electron chi connectivity index (χ0n) is 36.9. The highest BCUT2D eigenvalue weighted by atomic mass is 32.2. The molecule has 0 spiro atoms. The van der Waals surface area contributed by atoms with Gasteiger partial charge in [0.25, 0.3) is 0 Å². The van der Waals surface area contributed by atoms with Gasteiger partial charge in [0.1, 0.15) is 67.8 Å². The summed E-state index contributed by atoms with van der Waals surface area (Å²) in [5, 5.41) is 77.5. The monoisotopic (exact) mass is 950 g/mol. The topological polar surface area (TPSA) is 284 Å². The average molecular weight is 951 g/mol. The molecule has 2 saturated heterocycles. The van der Waals surface area contributed by atoms with Crippen LogP contribution >= 0.6 is 0 Å². The van der Waals surface area contributed by atoms with Crippen molar-refractivity contribution in [1.29, 1.82) is 0 Å². The Bertz CT molecular complexity index is 2340. The average Bonchev–Trinajstić information content (AvgIpc) is 3.32. The number of hydrogen-bond acceptors (Lipinski definition) is 17. The van der Waals surface area contributed by atoms with E-state index in [-0.39, 0.29) is 40.5 Å². The summed E-state index contributed by atoms with van der Waals surface area (Å²) in [6.07, 6.45) is -11.5. The van der Waals surface area contributed by atoms with Crippen LogP contribution in [0.3, 0.4) is 0 Å². The predicted molar refractivity (Wildman–Crippen MR) is 241 cm³/mol. The van der Waals surface area contributed by atoms with Crippen molar-refractivity contribution in [3.05, 3.63) is 143 Å². The molecular formula is C49H58O17S. The molecule has 0 unspecified atom stereocenters. The third-order valence-electron chi connectivity index (χ3n) is 11.2. The SMILES string of the molecule is CC(C)[C@H](C(=O)Cc1ccc(C(=O)CO[C@@H]2O[C@H](CO)[C@H](O)[C@H](O)[C@H]2O)cc1)c1ccccc1.O=C(/C=C/c1cccc(S(=O)(=O)Cc2ccccc2)c1)CO[C@@H]1O[C@H](CO)[C@H](O)[C@H](O)[C@H]1O. The van der Waals surface area contributed by atoms with E-state index in [4.69, 9.17) is 18.9 Å². The van der Waals surface area contributed by atoms with Gasteiger partial charge >= 0.3 is 0 Å². The second kappa shape index (κ2) is 24.9. The highest BCUT2D eigenvalue weighted by Crippen LogP contribution is 2.28. The van der Waals surface area contributed by atoms with Gasteiger partial charge in [-0.05, 0) is 46.4 Å². The summed E-state index contributed by atoms with van der Waals surface area (Å²) in [5.41, 5.74) is 3.28. The van der Waals surface area contributed by atoms with Gasteiger partial charge in [-0.15, -0.1) is 0 Å². The molecule has 11 atom stereocenters. The third kappa shape index (κ3) is 14.6. The van der Waals surface area contributed by atoms with E-state index in [1.165, 1.54) is 24.3 Å². The van der Waals surface area contributed by atoms with E-state index in [0.717, 1.165) is 11.1 Å². The highest BCUT2D eigenvalue weighted by Gasteiger charge is 2.45. The van der Waals surface area contributed by atoms with Crippen molar-refractivity contribution in [2.24, 2.45) is 5.92 Å². The number of aliphatic hydroxyl groups is 8. The molecule has 2 aliphatic heterocycles. The van der Waals surface area contributed by atoms with Gasteiger partial charge in [0.2, 0.25) is 0 Å². The molecule has 6 rings (SSSR count). The van der Waals surface area contributed by atoms with Crippen LogP contribution in [0.5, 0.6) is 0 Å². The van der Waals surface area contributed by atoms with Crippen molar-refractivity contribution >= 4 is 33.3 Å². The molecule has 2 fully saturated rings. The number of aliphatic hydroxyl groups excluding tert-OH is 8. The van der Waals surface area contributed by atoms with E-state index in [1.54, 1.807) is 66.7 Å². The Morgan fingerprint density at radius 1 is 0.642 bits per heavy atom. The second-order valence-electron chi connectivity index (χ2n) is 16.5. The fourth-order valence-electron chi connectivity index (χ4n) is 7.46. The van der Waals surface area contributed by atoms with Gasteiger partial charge < -0.3 is 59.8 Å². The van der Waals surface area contributed by atoms with Crippen LogP contribution in [0.25, 0.3) is 6.08 Å². The highest BCUT2D eigenvalue weighted by molar-refractivity contribution is 7.90. The molecule has 2 aliphatic rings. The summed E-state index contributed by atoms with van der Waals surface area (Å²) >= 11 is 0. The van der Waals surface area contributed by atoms with Crippen molar-refractivity contribution in [2.45, 2.75) is 98.2 Å². The van der Waals surface area contributed by atoms with Crippen LogP contribution in [0, 0.1) is 5.92 Å². The lowest BCUT2D eigenvalue weighted by Gasteiger charge is -2.39. The molecule has 0 saturated carbocycles. The number of carbonyl (C=O) groups is 3. The number of sulfone groups is 1. The fraction of sp³-hybridized carbons (Fsp3) is 0.408. The number of rotatable bonds is 19. The van der Waals surface area contributed by atoms with E-state index in [0.29, 0.717) is 16.7 Å². The summed E-state index contributed by atoms with van der Waals surface area (Å²) in [4.78, 5) is 37.8. The maximum absolute atomic E-state index is 13.0. The lowest BCUT2D eigenvalue weighted by molar-refractivity contribution is -0.298. The predicted octanol–water partition coefficient (Wildman–Crippen LogP) is 1.30. The standard InChI is InChI=1S/C26H32O8.C23H26O9S/c1-15(2)22(18-6-4-3-5-7-18)19(28)12-16-8-10-17(11-9-16)20(29)14-33-26-25(32)24(31)23(30)21(13-27)34-26;24-12-19-20(26)21(27)22(28)23(32-19)31-13-17(25)10-9-15-7-4-8-18(11-15)33(29,30)14-16-5-2-1-3-6-16/h3-11,15,21-27,30-32H,12-14H2,1-2H3;1-11,19-24,26-28H,12-14H2/b;10-9+/t21-,22+,23+,24+,25-,26-;19-,20+,21+,22-,23-/m11/s1. The zero-order chi connectivity index (χ0) is 48.8. The van der Waals surface area contributed by atoms with Crippen molar-refractivity contribution in [3.8, 4) is 0 Å². The Balaban J connectivity index is 0.000000251. The minimum absolute atomic E-state index is 0.103. The summed E-state index contributed by atoms with van der Waals surface area (Å²) in [6.45, 7) is 1.90. The molecule has 0 aromatic heterocycles. The number of ether oxygens (including phenoxy) is 4. The summed E-state index contributed by atoms with van der Waals surface area (Å²) in [5.74, 6) is -1.01. The molecule has 18 heteroatoms. The van der Waals surface area contributed by atoms with Gasteiger partial charge in [-0.25, -0.2) is 8.42 Å². The first-order valence-electron chi connectivity index (χ1n) is 21.6. The van der Waals surface area contributed by atoms with Gasteiger partial charge in [-0.1, -0.05) is 117 Å². The van der Waals surface area contributed by atoms with Gasteiger partial charge in [0.15, 0.2) is 34.0 Å². The van der Waals surface area contributed by atoms with Crippen LogP contribution in [0.15, 0.2) is 120 Å². The smallest absolute Gasteiger partial charge is 0.188 e. The van der Waals surface area contributed by atoms with E-state index < -0.39 is 103 Å². The molecule has 0 radical (unpaired) electrons. The van der Waals surface area contributed by atoms with Crippen molar-refractivity contribution in [3.63, 3.8) is 0 Å². The van der Waals surface area contributed by atoms with Crippen molar-refractivity contribution < 1.29 is 82.6 Å². The first-order valence-corrected chi connectivity index (χ1v) is 23.2. The van der Waals surface area contributed by atoms with Crippen LogP contribution in [0.2, 0.25) is 0 Å².